The van der Waals surface area contributed by atoms with Gasteiger partial charge in [0, 0.05) is 44.9 Å². The first-order valence-electron chi connectivity index (χ1n) is 5.75. The van der Waals surface area contributed by atoms with Crippen molar-refractivity contribution in [1.29, 1.82) is 0 Å². The van der Waals surface area contributed by atoms with E-state index in [2.05, 4.69) is 33.9 Å². The summed E-state index contributed by atoms with van der Waals surface area (Å²) in [4.78, 5) is 4.19. The van der Waals surface area contributed by atoms with Crippen molar-refractivity contribution in [3.63, 3.8) is 0 Å². The molecule has 2 heterocycles. The van der Waals surface area contributed by atoms with Crippen molar-refractivity contribution in [3.8, 4) is 0 Å². The van der Waals surface area contributed by atoms with E-state index < -0.39 is 0 Å². The number of hydrogen-bond acceptors (Lipinski definition) is 4. The summed E-state index contributed by atoms with van der Waals surface area (Å²) in [5.74, 6) is 2.48. The number of halogens is 1. The molecule has 2 nitrogen and oxygen atoms in total. The Labute approximate surface area is 120 Å². The summed E-state index contributed by atoms with van der Waals surface area (Å²) >= 11 is 7.51. The van der Waals surface area contributed by atoms with Crippen LogP contribution in [-0.2, 0) is 6.42 Å². The van der Waals surface area contributed by atoms with Crippen molar-refractivity contribution in [2.24, 2.45) is 5.73 Å². The van der Waals surface area contributed by atoms with Crippen LogP contribution in [0.3, 0.4) is 0 Å². The van der Waals surface area contributed by atoms with Crippen molar-refractivity contribution >= 4 is 39.5 Å². The van der Waals surface area contributed by atoms with Crippen LogP contribution in [-0.4, -0.2) is 33.0 Å². The van der Waals surface area contributed by atoms with Crippen molar-refractivity contribution in [3.05, 3.63) is 28.5 Å². The Balaban J connectivity index is 1.98. The maximum Gasteiger partial charge on any atom is 0.0410 e. The maximum atomic E-state index is 6.34. The zero-order valence-corrected chi connectivity index (χ0v) is 13.0. The van der Waals surface area contributed by atoms with Crippen molar-refractivity contribution in [1.82, 2.24) is 4.98 Å². The minimum atomic E-state index is 0.221. The van der Waals surface area contributed by atoms with Crippen LogP contribution in [0.5, 0.6) is 0 Å². The summed E-state index contributed by atoms with van der Waals surface area (Å²) in [6.45, 7) is 2.29. The summed E-state index contributed by atoms with van der Waals surface area (Å²) in [5.41, 5.74) is 7.56. The van der Waals surface area contributed by atoms with Gasteiger partial charge in [-0.2, -0.15) is 23.5 Å². The average molecular weight is 333 g/mol. The molecule has 1 aromatic rings. The third kappa shape index (κ3) is 3.88. The number of hydrogen-bond donors (Lipinski definition) is 1. The molecular formula is C12H17BrN2S2. The molecule has 1 saturated heterocycles. The van der Waals surface area contributed by atoms with E-state index in [4.69, 9.17) is 5.73 Å². The quantitative estimate of drug-likeness (QED) is 0.923. The lowest BCUT2D eigenvalue weighted by Crippen LogP contribution is -2.42. The van der Waals surface area contributed by atoms with Gasteiger partial charge in [-0.15, -0.1) is 0 Å². The molecule has 2 N–H and O–H groups in total. The van der Waals surface area contributed by atoms with Crippen LogP contribution in [0.15, 0.2) is 22.9 Å². The van der Waals surface area contributed by atoms with E-state index in [-0.39, 0.29) is 6.04 Å². The van der Waals surface area contributed by atoms with Gasteiger partial charge in [0.1, 0.15) is 0 Å². The largest absolute Gasteiger partial charge is 0.326 e. The Morgan fingerprint density at radius 1 is 1.47 bits per heavy atom. The third-order valence-corrected chi connectivity index (χ3v) is 6.60. The molecule has 0 amide bonds. The predicted molar refractivity (Wildman–Crippen MR) is 81.8 cm³/mol. The lowest BCUT2D eigenvalue weighted by molar-refractivity contribution is 0.621. The molecule has 2 rings (SSSR count). The highest BCUT2D eigenvalue weighted by Crippen LogP contribution is 2.33. The number of nitrogens with zero attached hydrogens (tertiary/aromatic N) is 1. The first kappa shape index (κ1) is 13.7. The molecule has 0 saturated carbocycles. The highest BCUT2D eigenvalue weighted by atomic mass is 79.9. The van der Waals surface area contributed by atoms with Gasteiger partial charge < -0.3 is 5.73 Å². The molecule has 17 heavy (non-hydrogen) atoms. The van der Waals surface area contributed by atoms with Crippen LogP contribution in [0.2, 0.25) is 0 Å². The first-order valence-corrected chi connectivity index (χ1v) is 8.64. The molecule has 0 bridgehead atoms. The van der Waals surface area contributed by atoms with Gasteiger partial charge in [0.15, 0.2) is 0 Å². The molecule has 3 atom stereocenters. The first-order chi connectivity index (χ1) is 8.16. The minimum absolute atomic E-state index is 0.221. The molecule has 0 radical (unpaired) electrons. The highest BCUT2D eigenvalue weighted by Gasteiger charge is 2.28. The summed E-state index contributed by atoms with van der Waals surface area (Å²) < 4.78 is 1.03. The molecule has 3 unspecified atom stereocenters. The molecular weight excluding hydrogens is 316 g/mol. The second kappa shape index (κ2) is 6.45. The monoisotopic (exact) mass is 332 g/mol. The number of aromatic nitrogens is 1. The summed E-state index contributed by atoms with van der Waals surface area (Å²) in [5, 5.41) is 1.22. The molecule has 1 aromatic heterocycles. The van der Waals surface area contributed by atoms with Crippen LogP contribution in [0.1, 0.15) is 12.5 Å². The van der Waals surface area contributed by atoms with Gasteiger partial charge in [-0.3, -0.25) is 4.98 Å². The van der Waals surface area contributed by atoms with E-state index in [1.807, 2.05) is 35.9 Å². The zero-order chi connectivity index (χ0) is 12.3. The van der Waals surface area contributed by atoms with Crippen LogP contribution in [0, 0.1) is 0 Å². The van der Waals surface area contributed by atoms with E-state index in [0.717, 1.165) is 10.9 Å². The van der Waals surface area contributed by atoms with Gasteiger partial charge in [-0.1, -0.05) is 6.92 Å². The second-order valence-electron chi connectivity index (χ2n) is 4.29. The number of thioether (sulfide) groups is 2. The van der Waals surface area contributed by atoms with Crippen LogP contribution in [0.4, 0.5) is 0 Å². The molecule has 1 aliphatic heterocycles. The summed E-state index contributed by atoms with van der Waals surface area (Å²) in [6, 6.07) is 2.33. The standard InChI is InChI=1S/C12H17BrN2S2/c1-8-12(17-3-2-16-8)11(14)5-9-4-10(13)7-15-6-9/h4,6-8,11-12H,2-3,5,14H2,1H3. The van der Waals surface area contributed by atoms with Crippen molar-refractivity contribution in [2.45, 2.75) is 29.9 Å². The Morgan fingerprint density at radius 2 is 2.24 bits per heavy atom. The Hall–Kier alpha value is 0.290. The fraction of sp³-hybridized carbons (Fsp3) is 0.583. The molecule has 0 aromatic carbocycles. The van der Waals surface area contributed by atoms with Crippen molar-refractivity contribution < 1.29 is 0 Å². The molecule has 1 aliphatic rings. The molecule has 0 aliphatic carbocycles. The smallest absolute Gasteiger partial charge is 0.0410 e. The second-order valence-corrected chi connectivity index (χ2v) is 7.98. The maximum absolute atomic E-state index is 6.34. The molecule has 1 fully saturated rings. The van der Waals surface area contributed by atoms with Gasteiger partial charge in [0.2, 0.25) is 0 Å². The topological polar surface area (TPSA) is 38.9 Å². The summed E-state index contributed by atoms with van der Waals surface area (Å²) in [7, 11) is 0. The number of nitrogens with two attached hydrogens (primary N) is 1. The molecule has 0 spiro atoms. The lowest BCUT2D eigenvalue weighted by atomic mass is 10.0. The van der Waals surface area contributed by atoms with Crippen LogP contribution < -0.4 is 5.73 Å². The van der Waals surface area contributed by atoms with Gasteiger partial charge in [-0.25, -0.2) is 0 Å². The molecule has 94 valence electrons. The summed E-state index contributed by atoms with van der Waals surface area (Å²) in [6.07, 6.45) is 4.63. The Bertz CT molecular complexity index is 375. The van der Waals surface area contributed by atoms with Gasteiger partial charge >= 0.3 is 0 Å². The molecule has 5 heteroatoms. The Morgan fingerprint density at radius 3 is 2.94 bits per heavy atom. The fourth-order valence-electron chi connectivity index (χ4n) is 2.08. The zero-order valence-electron chi connectivity index (χ0n) is 9.80. The SMILES string of the molecule is CC1SCCSC1C(N)Cc1cncc(Br)c1. The predicted octanol–water partition coefficient (Wildman–Crippen LogP) is 2.95. The fourth-order valence-corrected chi connectivity index (χ4v) is 5.38. The van der Waals surface area contributed by atoms with Crippen LogP contribution >= 0.6 is 39.5 Å². The number of rotatable bonds is 3. The van der Waals surface area contributed by atoms with E-state index in [9.17, 15) is 0 Å². The van der Waals surface area contributed by atoms with E-state index in [1.165, 1.54) is 17.1 Å². The third-order valence-electron chi connectivity index (χ3n) is 2.89. The van der Waals surface area contributed by atoms with E-state index in [1.54, 1.807) is 0 Å². The van der Waals surface area contributed by atoms with Gasteiger partial charge in [0.25, 0.3) is 0 Å². The normalized spacial score (nSPS) is 26.8. The van der Waals surface area contributed by atoms with Gasteiger partial charge in [-0.05, 0) is 34.0 Å². The average Bonchev–Trinajstić information content (AvgIpc) is 2.29. The lowest BCUT2D eigenvalue weighted by Gasteiger charge is -2.32. The van der Waals surface area contributed by atoms with E-state index in [0.29, 0.717) is 10.5 Å². The Kier molecular flexibility index (Phi) is 5.21. The van der Waals surface area contributed by atoms with Gasteiger partial charge in [0.05, 0.1) is 0 Å². The highest BCUT2D eigenvalue weighted by molar-refractivity contribution is 9.10. The number of pyridine rings is 1. The van der Waals surface area contributed by atoms with Crippen LogP contribution in [0.25, 0.3) is 0 Å². The minimum Gasteiger partial charge on any atom is -0.326 e. The van der Waals surface area contributed by atoms with E-state index >= 15 is 0 Å². The van der Waals surface area contributed by atoms with Crippen molar-refractivity contribution in [2.75, 3.05) is 11.5 Å².